The Kier molecular flexibility index (Phi) is 8.39. The molecule has 0 aliphatic carbocycles. The maximum Gasteiger partial charge on any atom is 0.269 e. The Morgan fingerprint density at radius 3 is 2.60 bits per heavy atom. The number of nitrogens with one attached hydrogen (secondary N) is 1. The number of amides is 1. The summed E-state index contributed by atoms with van der Waals surface area (Å²) in [6.07, 6.45) is 3.41. The van der Waals surface area contributed by atoms with Gasteiger partial charge in [0, 0.05) is 26.0 Å². The molecule has 3 rings (SSSR count). The fourth-order valence-corrected chi connectivity index (χ4v) is 3.33. The van der Waals surface area contributed by atoms with Crippen LogP contribution in [0.5, 0.6) is 11.6 Å². The lowest BCUT2D eigenvalue weighted by molar-refractivity contribution is -0.117. The first-order valence-electron chi connectivity index (χ1n) is 11.5. The molecule has 8 heteroatoms. The highest BCUT2D eigenvalue weighted by atomic mass is 16.5. The first kappa shape index (κ1) is 25.7. The fraction of sp³-hybridized carbons (Fsp3) is 0.333. The quantitative estimate of drug-likeness (QED) is 0.283. The molecule has 0 radical (unpaired) electrons. The largest absolute Gasteiger partial charge is 0.438 e. The maximum absolute atomic E-state index is 13.3. The number of aromatic nitrogens is 2. The highest BCUT2D eigenvalue weighted by Crippen LogP contribution is 2.28. The minimum atomic E-state index is -0.581. The number of pyridine rings is 1. The van der Waals surface area contributed by atoms with E-state index in [0.717, 1.165) is 5.56 Å². The Balaban J connectivity index is 1.98. The van der Waals surface area contributed by atoms with Crippen LogP contribution >= 0.6 is 0 Å². The van der Waals surface area contributed by atoms with E-state index in [9.17, 15) is 14.9 Å². The highest BCUT2D eigenvalue weighted by Gasteiger charge is 2.18. The molecule has 2 heterocycles. The Labute approximate surface area is 204 Å². The van der Waals surface area contributed by atoms with Crippen molar-refractivity contribution in [2.24, 2.45) is 0 Å². The van der Waals surface area contributed by atoms with Crippen molar-refractivity contribution >= 4 is 17.6 Å². The molecule has 1 N–H and O–H groups in total. The van der Waals surface area contributed by atoms with Gasteiger partial charge in [-0.05, 0) is 54.7 Å². The summed E-state index contributed by atoms with van der Waals surface area (Å²) < 4.78 is 12.6. The van der Waals surface area contributed by atoms with E-state index >= 15 is 0 Å². The third-order valence-electron chi connectivity index (χ3n) is 5.28. The summed E-state index contributed by atoms with van der Waals surface area (Å²) in [6, 6.07) is 14.5. The normalized spacial score (nSPS) is 11.8. The number of nitriles is 1. The number of fused-ring (bicyclic) bond motifs is 1. The minimum absolute atomic E-state index is 0.00890. The molecule has 0 bridgehead atoms. The number of nitrogens with zero attached hydrogens (tertiary/aromatic N) is 3. The Hall–Kier alpha value is -3.96. The second-order valence-corrected chi connectivity index (χ2v) is 8.92. The Morgan fingerprint density at radius 1 is 1.20 bits per heavy atom. The smallest absolute Gasteiger partial charge is 0.269 e. The van der Waals surface area contributed by atoms with Gasteiger partial charge >= 0.3 is 0 Å². The number of carbonyl (C=O) groups excluding carboxylic acids is 1. The van der Waals surface area contributed by atoms with Crippen LogP contribution in [0.15, 0.2) is 59.0 Å². The van der Waals surface area contributed by atoms with Gasteiger partial charge in [-0.25, -0.2) is 0 Å². The van der Waals surface area contributed by atoms with Gasteiger partial charge in [-0.1, -0.05) is 39.0 Å². The summed E-state index contributed by atoms with van der Waals surface area (Å²) in [4.78, 5) is 30.3. The molecule has 2 aromatic heterocycles. The molecule has 0 spiro atoms. The molecule has 1 aromatic carbocycles. The van der Waals surface area contributed by atoms with Crippen molar-refractivity contribution in [3.8, 4) is 17.7 Å². The van der Waals surface area contributed by atoms with Gasteiger partial charge in [0.05, 0.1) is 0 Å². The van der Waals surface area contributed by atoms with E-state index in [0.29, 0.717) is 37.6 Å². The Bertz CT molecular complexity index is 1310. The van der Waals surface area contributed by atoms with Crippen LogP contribution in [0.4, 0.5) is 0 Å². The zero-order valence-electron chi connectivity index (χ0n) is 20.5. The molecule has 0 unspecified atom stereocenters. The van der Waals surface area contributed by atoms with Crippen LogP contribution in [-0.2, 0) is 14.9 Å². The van der Waals surface area contributed by atoms with Crippen LogP contribution in [0.3, 0.4) is 0 Å². The zero-order chi connectivity index (χ0) is 25.4. The number of hydrogen-bond acceptors (Lipinski definition) is 6. The lowest BCUT2D eigenvalue weighted by Gasteiger charge is -2.19. The molecule has 1 amide bonds. The molecular formula is C27H30N4O4. The molecule has 35 heavy (non-hydrogen) atoms. The number of benzene rings is 1. The number of rotatable bonds is 9. The lowest BCUT2D eigenvalue weighted by atomic mass is 9.87. The first-order valence-corrected chi connectivity index (χ1v) is 11.5. The van der Waals surface area contributed by atoms with Gasteiger partial charge in [0.1, 0.15) is 28.6 Å². The van der Waals surface area contributed by atoms with Crippen molar-refractivity contribution in [2.45, 2.75) is 39.5 Å². The second-order valence-electron chi connectivity index (χ2n) is 8.92. The van der Waals surface area contributed by atoms with Crippen LogP contribution in [0.2, 0.25) is 0 Å². The lowest BCUT2D eigenvalue weighted by Crippen LogP contribution is -2.27. The summed E-state index contributed by atoms with van der Waals surface area (Å²) in [5, 5.41) is 12.3. The van der Waals surface area contributed by atoms with Crippen LogP contribution in [0.1, 0.15) is 45.2 Å². The van der Waals surface area contributed by atoms with Crippen molar-refractivity contribution < 1.29 is 14.3 Å². The summed E-state index contributed by atoms with van der Waals surface area (Å²) >= 11 is 0. The van der Waals surface area contributed by atoms with E-state index in [1.54, 1.807) is 36.5 Å². The molecule has 0 saturated heterocycles. The number of carbonyl (C=O) groups is 1. The summed E-state index contributed by atoms with van der Waals surface area (Å²) in [6.45, 7) is 9.68. The van der Waals surface area contributed by atoms with E-state index in [2.05, 4.69) is 31.1 Å². The van der Waals surface area contributed by atoms with E-state index in [4.69, 9.17) is 9.47 Å². The summed E-state index contributed by atoms with van der Waals surface area (Å²) in [5.74, 6) is -0.0812. The first-order chi connectivity index (χ1) is 16.7. The van der Waals surface area contributed by atoms with Crippen LogP contribution in [0, 0.1) is 11.3 Å². The summed E-state index contributed by atoms with van der Waals surface area (Å²) in [7, 11) is 0. The molecule has 182 valence electrons. The van der Waals surface area contributed by atoms with Gasteiger partial charge < -0.3 is 14.8 Å². The SMILES string of the molecule is CCOCCCNC(=O)C(C#N)=Cc1c(Oc2ccc(C(C)(C)C)cc2)nc2ccccn2c1=O. The number of ether oxygens (including phenoxy) is 2. The highest BCUT2D eigenvalue weighted by molar-refractivity contribution is 6.01. The van der Waals surface area contributed by atoms with Crippen LogP contribution in [0.25, 0.3) is 11.7 Å². The molecule has 0 saturated carbocycles. The van der Waals surface area contributed by atoms with Crippen LogP contribution in [-0.4, -0.2) is 35.1 Å². The molecule has 0 atom stereocenters. The predicted molar refractivity (Wildman–Crippen MR) is 134 cm³/mol. The minimum Gasteiger partial charge on any atom is -0.438 e. The molecule has 3 aromatic rings. The Morgan fingerprint density at radius 2 is 1.94 bits per heavy atom. The van der Waals surface area contributed by atoms with Crippen molar-refractivity contribution in [1.29, 1.82) is 5.26 Å². The van der Waals surface area contributed by atoms with Gasteiger partial charge in [-0.2, -0.15) is 10.2 Å². The monoisotopic (exact) mass is 474 g/mol. The average molecular weight is 475 g/mol. The van der Waals surface area contributed by atoms with E-state index in [1.165, 1.54) is 10.5 Å². The van der Waals surface area contributed by atoms with E-state index in [1.807, 2.05) is 25.1 Å². The van der Waals surface area contributed by atoms with Crippen molar-refractivity contribution in [2.75, 3.05) is 19.8 Å². The van der Waals surface area contributed by atoms with Crippen molar-refractivity contribution in [1.82, 2.24) is 14.7 Å². The van der Waals surface area contributed by atoms with Crippen molar-refractivity contribution in [3.05, 3.63) is 75.7 Å². The molecule has 8 nitrogen and oxygen atoms in total. The third-order valence-corrected chi connectivity index (χ3v) is 5.28. The summed E-state index contributed by atoms with van der Waals surface area (Å²) in [5.41, 5.74) is 0.830. The fourth-order valence-electron chi connectivity index (χ4n) is 3.33. The topological polar surface area (TPSA) is 106 Å². The zero-order valence-corrected chi connectivity index (χ0v) is 20.5. The average Bonchev–Trinajstić information content (AvgIpc) is 2.83. The maximum atomic E-state index is 13.3. The second kappa shape index (κ2) is 11.4. The molecule has 0 aliphatic heterocycles. The van der Waals surface area contributed by atoms with Gasteiger partial charge in [0.25, 0.3) is 11.5 Å². The van der Waals surface area contributed by atoms with Gasteiger partial charge in [-0.3, -0.25) is 14.0 Å². The van der Waals surface area contributed by atoms with Crippen molar-refractivity contribution in [3.63, 3.8) is 0 Å². The van der Waals surface area contributed by atoms with E-state index < -0.39 is 11.5 Å². The molecule has 0 fully saturated rings. The third kappa shape index (κ3) is 6.55. The standard InChI is InChI=1S/C27H30N4O4/c1-5-34-16-8-14-29-24(32)19(18-28)17-22-25(30-23-9-6-7-15-31(23)26(22)33)35-21-12-10-20(11-13-21)27(2,3)4/h6-7,9-13,15,17H,5,8,14,16H2,1-4H3,(H,29,32). The number of hydrogen-bond donors (Lipinski definition) is 1. The van der Waals surface area contributed by atoms with Gasteiger partial charge in [0.2, 0.25) is 5.88 Å². The van der Waals surface area contributed by atoms with Crippen LogP contribution < -0.4 is 15.6 Å². The van der Waals surface area contributed by atoms with Gasteiger partial charge in [-0.15, -0.1) is 0 Å². The molecule has 0 aliphatic rings. The molecular weight excluding hydrogens is 444 g/mol. The predicted octanol–water partition coefficient (Wildman–Crippen LogP) is 4.23. The van der Waals surface area contributed by atoms with Gasteiger partial charge in [0.15, 0.2) is 0 Å². The van der Waals surface area contributed by atoms with E-state index in [-0.39, 0.29) is 22.4 Å².